The van der Waals surface area contributed by atoms with Crippen molar-refractivity contribution in [2.24, 2.45) is 0 Å². The van der Waals surface area contributed by atoms with Crippen molar-refractivity contribution in [3.05, 3.63) is 17.3 Å². The zero-order valence-corrected chi connectivity index (χ0v) is 12.8. The zero-order chi connectivity index (χ0) is 14.7. The molecular formula is C14H24N4O2. The minimum absolute atomic E-state index is 0.0994. The second-order valence-corrected chi connectivity index (χ2v) is 5.57. The van der Waals surface area contributed by atoms with E-state index in [1.807, 2.05) is 18.7 Å². The number of piperidine rings is 1. The maximum Gasteiger partial charge on any atom is 0.319 e. The topological polar surface area (TPSA) is 61.6 Å². The number of amides is 2. The minimum Gasteiger partial charge on any atom is -0.444 e. The molecule has 1 aliphatic rings. The fourth-order valence-electron chi connectivity index (χ4n) is 2.40. The Bertz CT molecular complexity index is 442. The van der Waals surface area contributed by atoms with Crippen LogP contribution in [-0.4, -0.2) is 54.0 Å². The van der Waals surface area contributed by atoms with E-state index in [2.05, 4.69) is 10.3 Å². The van der Waals surface area contributed by atoms with E-state index in [0.29, 0.717) is 12.6 Å². The van der Waals surface area contributed by atoms with Crippen LogP contribution < -0.4 is 5.32 Å². The Morgan fingerprint density at radius 2 is 2.05 bits per heavy atom. The molecule has 112 valence electrons. The lowest BCUT2D eigenvalue weighted by Gasteiger charge is -2.33. The van der Waals surface area contributed by atoms with Crippen LogP contribution in [0.4, 0.5) is 4.79 Å². The number of aromatic nitrogens is 1. The van der Waals surface area contributed by atoms with Gasteiger partial charge < -0.3 is 19.5 Å². The van der Waals surface area contributed by atoms with Crippen LogP contribution in [0, 0.1) is 13.8 Å². The summed E-state index contributed by atoms with van der Waals surface area (Å²) in [5.74, 6) is 1.62. The molecular weight excluding hydrogens is 256 g/mol. The number of nitrogens with zero attached hydrogens (tertiary/aromatic N) is 3. The smallest absolute Gasteiger partial charge is 0.319 e. The van der Waals surface area contributed by atoms with Gasteiger partial charge in [0.25, 0.3) is 0 Å². The number of carbonyl (C=O) groups excluding carboxylic acids is 1. The van der Waals surface area contributed by atoms with Crippen LogP contribution in [0.5, 0.6) is 0 Å². The first-order valence-electron chi connectivity index (χ1n) is 7.10. The standard InChI is InChI=1S/C14H24N4O2/c1-10-11(2)20-13(16-10)9-15-12-5-7-18(8-6-12)14(19)17(3)4/h12,15H,5-9H2,1-4H3. The van der Waals surface area contributed by atoms with Gasteiger partial charge in [0.2, 0.25) is 5.89 Å². The van der Waals surface area contributed by atoms with Crippen LogP contribution in [0.3, 0.4) is 0 Å². The second-order valence-electron chi connectivity index (χ2n) is 5.57. The van der Waals surface area contributed by atoms with Crippen molar-refractivity contribution < 1.29 is 9.21 Å². The molecule has 0 saturated carbocycles. The van der Waals surface area contributed by atoms with Gasteiger partial charge >= 0.3 is 6.03 Å². The van der Waals surface area contributed by atoms with E-state index in [4.69, 9.17) is 4.42 Å². The number of aryl methyl sites for hydroxylation is 2. The number of urea groups is 1. The normalized spacial score (nSPS) is 16.5. The number of hydrogen-bond acceptors (Lipinski definition) is 4. The number of likely N-dealkylation sites (tertiary alicyclic amines) is 1. The highest BCUT2D eigenvalue weighted by molar-refractivity contribution is 5.73. The summed E-state index contributed by atoms with van der Waals surface area (Å²) < 4.78 is 5.55. The SMILES string of the molecule is Cc1nc(CNC2CCN(C(=O)N(C)C)CC2)oc1C. The first-order chi connectivity index (χ1) is 9.47. The maximum absolute atomic E-state index is 11.8. The van der Waals surface area contributed by atoms with Crippen molar-refractivity contribution in [2.75, 3.05) is 27.2 Å². The first-order valence-corrected chi connectivity index (χ1v) is 7.10. The molecule has 0 atom stereocenters. The third-order valence-electron chi connectivity index (χ3n) is 3.76. The molecule has 0 unspecified atom stereocenters. The molecule has 1 aromatic rings. The van der Waals surface area contributed by atoms with Gasteiger partial charge in [-0.05, 0) is 26.7 Å². The van der Waals surface area contributed by atoms with Gasteiger partial charge in [0.15, 0.2) is 0 Å². The molecule has 2 amide bonds. The van der Waals surface area contributed by atoms with Crippen molar-refractivity contribution in [1.29, 1.82) is 0 Å². The van der Waals surface area contributed by atoms with Gasteiger partial charge in [-0.2, -0.15) is 0 Å². The van der Waals surface area contributed by atoms with E-state index < -0.39 is 0 Å². The highest BCUT2D eigenvalue weighted by atomic mass is 16.4. The molecule has 2 heterocycles. The molecule has 1 aliphatic heterocycles. The molecule has 6 heteroatoms. The van der Waals surface area contributed by atoms with E-state index >= 15 is 0 Å². The van der Waals surface area contributed by atoms with Crippen LogP contribution in [-0.2, 0) is 6.54 Å². The van der Waals surface area contributed by atoms with Crippen LogP contribution in [0.2, 0.25) is 0 Å². The summed E-state index contributed by atoms with van der Waals surface area (Å²) in [4.78, 5) is 19.7. The average molecular weight is 280 g/mol. The number of nitrogens with one attached hydrogen (secondary N) is 1. The Hall–Kier alpha value is -1.56. The lowest BCUT2D eigenvalue weighted by atomic mass is 10.1. The average Bonchev–Trinajstić information content (AvgIpc) is 2.75. The molecule has 1 saturated heterocycles. The molecule has 1 aromatic heterocycles. The largest absolute Gasteiger partial charge is 0.444 e. The van der Waals surface area contributed by atoms with E-state index in [1.54, 1.807) is 19.0 Å². The van der Waals surface area contributed by atoms with Gasteiger partial charge in [0, 0.05) is 33.2 Å². The van der Waals surface area contributed by atoms with Crippen molar-refractivity contribution in [2.45, 2.75) is 39.3 Å². The summed E-state index contributed by atoms with van der Waals surface area (Å²) in [7, 11) is 3.58. The van der Waals surface area contributed by atoms with E-state index in [0.717, 1.165) is 43.3 Å². The molecule has 0 bridgehead atoms. The third kappa shape index (κ3) is 3.50. The minimum atomic E-state index is 0.0994. The maximum atomic E-state index is 11.8. The predicted octanol–water partition coefficient (Wildman–Crippen LogP) is 1.53. The summed E-state index contributed by atoms with van der Waals surface area (Å²) in [6.07, 6.45) is 1.94. The summed E-state index contributed by atoms with van der Waals surface area (Å²) in [5, 5.41) is 3.46. The number of carbonyl (C=O) groups is 1. The van der Waals surface area contributed by atoms with Crippen molar-refractivity contribution in [3.63, 3.8) is 0 Å². The highest BCUT2D eigenvalue weighted by Crippen LogP contribution is 2.13. The third-order valence-corrected chi connectivity index (χ3v) is 3.76. The number of rotatable bonds is 3. The molecule has 6 nitrogen and oxygen atoms in total. The second kappa shape index (κ2) is 6.26. The van der Waals surface area contributed by atoms with Crippen LogP contribution in [0.25, 0.3) is 0 Å². The molecule has 0 radical (unpaired) electrons. The molecule has 0 aromatic carbocycles. The van der Waals surface area contributed by atoms with Crippen molar-refractivity contribution in [3.8, 4) is 0 Å². The van der Waals surface area contributed by atoms with E-state index in [1.165, 1.54) is 0 Å². The molecule has 0 spiro atoms. The highest BCUT2D eigenvalue weighted by Gasteiger charge is 2.23. The number of hydrogen-bond donors (Lipinski definition) is 1. The zero-order valence-electron chi connectivity index (χ0n) is 12.8. The molecule has 1 N–H and O–H groups in total. The summed E-state index contributed by atoms with van der Waals surface area (Å²) >= 11 is 0. The summed E-state index contributed by atoms with van der Waals surface area (Å²) in [6, 6.07) is 0.524. The Morgan fingerprint density at radius 3 is 2.55 bits per heavy atom. The van der Waals surface area contributed by atoms with Gasteiger partial charge in [-0.25, -0.2) is 9.78 Å². The van der Waals surface area contributed by atoms with E-state index in [-0.39, 0.29) is 6.03 Å². The molecule has 1 fully saturated rings. The van der Waals surface area contributed by atoms with E-state index in [9.17, 15) is 4.79 Å². The quantitative estimate of drug-likeness (QED) is 0.912. The fourth-order valence-corrected chi connectivity index (χ4v) is 2.40. The fraction of sp³-hybridized carbons (Fsp3) is 0.714. The molecule has 2 rings (SSSR count). The van der Waals surface area contributed by atoms with Gasteiger partial charge in [0.05, 0.1) is 12.2 Å². The molecule has 20 heavy (non-hydrogen) atoms. The summed E-state index contributed by atoms with van der Waals surface area (Å²) in [5.41, 5.74) is 0.952. The Balaban J connectivity index is 1.76. The monoisotopic (exact) mass is 280 g/mol. The van der Waals surface area contributed by atoms with Gasteiger partial charge in [-0.15, -0.1) is 0 Å². The van der Waals surface area contributed by atoms with Crippen molar-refractivity contribution >= 4 is 6.03 Å². The first kappa shape index (κ1) is 14.8. The lowest BCUT2D eigenvalue weighted by molar-refractivity contribution is 0.152. The van der Waals surface area contributed by atoms with Crippen LogP contribution >= 0.6 is 0 Å². The number of oxazole rings is 1. The van der Waals surface area contributed by atoms with Gasteiger partial charge in [-0.1, -0.05) is 0 Å². The lowest BCUT2D eigenvalue weighted by Crippen LogP contribution is -2.47. The Labute approximate surface area is 120 Å². The van der Waals surface area contributed by atoms with Gasteiger partial charge in [0.1, 0.15) is 5.76 Å². The predicted molar refractivity (Wildman–Crippen MR) is 76.5 cm³/mol. The van der Waals surface area contributed by atoms with Gasteiger partial charge in [-0.3, -0.25) is 0 Å². The Kier molecular flexibility index (Phi) is 4.65. The Morgan fingerprint density at radius 1 is 1.40 bits per heavy atom. The van der Waals surface area contributed by atoms with Crippen LogP contribution in [0.15, 0.2) is 4.42 Å². The van der Waals surface area contributed by atoms with Crippen LogP contribution in [0.1, 0.15) is 30.2 Å². The van der Waals surface area contributed by atoms with Crippen molar-refractivity contribution in [1.82, 2.24) is 20.1 Å². The molecule has 0 aliphatic carbocycles. The summed E-state index contributed by atoms with van der Waals surface area (Å²) in [6.45, 7) is 6.14.